The number of hydrogen-bond donors (Lipinski definition) is 2. The number of nitrogens with one attached hydrogen (secondary N) is 1. The van der Waals surface area contributed by atoms with E-state index >= 15 is 0 Å². The van der Waals surface area contributed by atoms with Crippen LogP contribution in [-0.2, 0) is 6.54 Å². The van der Waals surface area contributed by atoms with Gasteiger partial charge in [0, 0.05) is 49.8 Å². The van der Waals surface area contributed by atoms with Gasteiger partial charge in [0.05, 0.1) is 19.1 Å². The van der Waals surface area contributed by atoms with Gasteiger partial charge in [0.2, 0.25) is 0 Å². The number of rotatable bonds is 5. The number of fused-ring (bicyclic) bond motifs is 1. The molecule has 0 radical (unpaired) electrons. The molecule has 2 aromatic rings. The third-order valence-electron chi connectivity index (χ3n) is 5.51. The molecule has 2 N–H and O–H groups in total. The molecule has 1 unspecified atom stereocenters. The zero-order valence-electron chi connectivity index (χ0n) is 14.5. The third kappa shape index (κ3) is 3.59. The lowest BCUT2D eigenvalue weighted by Gasteiger charge is -2.47. The zero-order valence-corrected chi connectivity index (χ0v) is 14.5. The lowest BCUT2D eigenvalue weighted by molar-refractivity contribution is -0.0278. The van der Waals surface area contributed by atoms with E-state index in [1.165, 1.54) is 5.56 Å². The quantitative estimate of drug-likeness (QED) is 0.875. The van der Waals surface area contributed by atoms with Crippen LogP contribution < -0.4 is 10.1 Å². The van der Waals surface area contributed by atoms with E-state index in [2.05, 4.69) is 28.4 Å². The summed E-state index contributed by atoms with van der Waals surface area (Å²) in [4.78, 5) is 2.32. The lowest BCUT2D eigenvalue weighted by Crippen LogP contribution is -2.52. The van der Waals surface area contributed by atoms with Crippen LogP contribution in [0.25, 0.3) is 0 Å². The Hall–Kier alpha value is -1.82. The van der Waals surface area contributed by atoms with E-state index in [0.717, 1.165) is 56.8 Å². The molecule has 1 aromatic heterocycles. The smallest absolute Gasteiger partial charge is 0.124 e. The molecule has 25 heavy (non-hydrogen) atoms. The first-order chi connectivity index (χ1) is 12.3. The number of ether oxygens (including phenoxy) is 1. The van der Waals surface area contributed by atoms with Gasteiger partial charge in [-0.05, 0) is 25.0 Å². The summed E-state index contributed by atoms with van der Waals surface area (Å²) in [7, 11) is 0. The molecule has 1 aromatic carbocycles. The molecule has 2 aliphatic rings. The summed E-state index contributed by atoms with van der Waals surface area (Å²) in [5.41, 5.74) is 2.30. The average Bonchev–Trinajstić information content (AvgIpc) is 3.16. The Kier molecular flexibility index (Phi) is 4.79. The van der Waals surface area contributed by atoms with Gasteiger partial charge in [-0.1, -0.05) is 18.2 Å². The van der Waals surface area contributed by atoms with Gasteiger partial charge in [0.15, 0.2) is 0 Å². The maximum absolute atomic E-state index is 9.16. The van der Waals surface area contributed by atoms with Crippen molar-refractivity contribution in [2.45, 2.75) is 37.5 Å². The largest absolute Gasteiger partial charge is 0.487 e. The highest BCUT2D eigenvalue weighted by Crippen LogP contribution is 2.44. The van der Waals surface area contributed by atoms with Crippen LogP contribution in [0.2, 0.25) is 0 Å². The van der Waals surface area contributed by atoms with Gasteiger partial charge >= 0.3 is 0 Å². The molecule has 1 saturated heterocycles. The molecule has 134 valence electrons. The Morgan fingerprint density at radius 1 is 1.20 bits per heavy atom. The molecular weight excluding hydrogens is 316 g/mol. The fourth-order valence-electron chi connectivity index (χ4n) is 4.07. The van der Waals surface area contributed by atoms with E-state index in [0.29, 0.717) is 0 Å². The molecule has 5 nitrogen and oxygen atoms in total. The van der Waals surface area contributed by atoms with Gasteiger partial charge in [-0.15, -0.1) is 0 Å². The molecule has 4 rings (SSSR count). The second kappa shape index (κ2) is 7.20. The molecule has 5 heteroatoms. The second-order valence-electron chi connectivity index (χ2n) is 7.16. The van der Waals surface area contributed by atoms with Gasteiger partial charge in [-0.3, -0.25) is 0 Å². The van der Waals surface area contributed by atoms with Crippen LogP contribution in [0.5, 0.6) is 5.75 Å². The van der Waals surface area contributed by atoms with Crippen molar-refractivity contribution in [2.24, 2.45) is 0 Å². The predicted octanol–water partition coefficient (Wildman–Crippen LogP) is 2.72. The van der Waals surface area contributed by atoms with Crippen molar-refractivity contribution in [3.63, 3.8) is 0 Å². The number of furan rings is 1. The normalized spacial score (nSPS) is 22.5. The first kappa shape index (κ1) is 16.6. The highest BCUT2D eigenvalue weighted by Gasteiger charge is 2.42. The maximum Gasteiger partial charge on any atom is 0.124 e. The number of piperidine rings is 1. The molecule has 1 atom stereocenters. The fraction of sp³-hybridized carbons (Fsp3) is 0.500. The molecule has 0 aliphatic carbocycles. The van der Waals surface area contributed by atoms with E-state index in [1.807, 2.05) is 12.1 Å². The van der Waals surface area contributed by atoms with Crippen LogP contribution in [-0.4, -0.2) is 41.8 Å². The summed E-state index contributed by atoms with van der Waals surface area (Å²) >= 11 is 0. The number of nitrogens with zero attached hydrogens (tertiary/aromatic N) is 1. The Labute approximate surface area is 148 Å². The topological polar surface area (TPSA) is 57.9 Å². The standard InChI is InChI=1S/C20H26N2O3/c23-11-10-22-8-6-20(7-9-22)13-18(21-14-16-5-12-24-15-16)17-3-1-2-4-19(17)25-20/h1-5,12,15,18,21,23H,6-11,13-14H2. The van der Waals surface area contributed by atoms with Crippen LogP contribution in [0, 0.1) is 0 Å². The summed E-state index contributed by atoms with van der Waals surface area (Å²) in [6, 6.07) is 10.7. The minimum absolute atomic E-state index is 0.103. The Balaban J connectivity index is 1.50. The summed E-state index contributed by atoms with van der Waals surface area (Å²) in [5, 5.41) is 12.9. The van der Waals surface area contributed by atoms with Crippen molar-refractivity contribution < 1.29 is 14.3 Å². The molecular formula is C20H26N2O3. The van der Waals surface area contributed by atoms with Gasteiger partial charge in [-0.2, -0.15) is 0 Å². The molecule has 0 saturated carbocycles. The van der Waals surface area contributed by atoms with E-state index in [1.54, 1.807) is 12.5 Å². The van der Waals surface area contributed by atoms with Crippen molar-refractivity contribution in [2.75, 3.05) is 26.2 Å². The van der Waals surface area contributed by atoms with Crippen LogP contribution >= 0.6 is 0 Å². The number of para-hydroxylation sites is 1. The zero-order chi connectivity index (χ0) is 17.1. The third-order valence-corrected chi connectivity index (χ3v) is 5.51. The molecule has 1 fully saturated rings. The SMILES string of the molecule is OCCN1CCC2(CC1)CC(NCc1ccoc1)c1ccccc1O2. The van der Waals surface area contributed by atoms with Crippen LogP contribution in [0.15, 0.2) is 47.3 Å². The molecule has 0 bridgehead atoms. The molecule has 3 heterocycles. The molecule has 2 aliphatic heterocycles. The van der Waals surface area contributed by atoms with Gasteiger partial charge in [0.25, 0.3) is 0 Å². The highest BCUT2D eigenvalue weighted by atomic mass is 16.5. The van der Waals surface area contributed by atoms with Crippen LogP contribution in [0.4, 0.5) is 0 Å². The number of β-amino-alcohol motifs (C(OH)–C–C–N with tert-alkyl or cyclic N) is 1. The lowest BCUT2D eigenvalue weighted by atomic mass is 9.80. The Morgan fingerprint density at radius 2 is 2.04 bits per heavy atom. The number of likely N-dealkylation sites (tertiary alicyclic amines) is 1. The fourth-order valence-corrected chi connectivity index (χ4v) is 4.07. The van der Waals surface area contributed by atoms with Crippen LogP contribution in [0.1, 0.15) is 36.4 Å². The Morgan fingerprint density at radius 3 is 2.80 bits per heavy atom. The molecule has 1 spiro atoms. The van der Waals surface area contributed by atoms with Crippen molar-refractivity contribution in [3.05, 3.63) is 54.0 Å². The number of aliphatic hydroxyl groups is 1. The van der Waals surface area contributed by atoms with Crippen molar-refractivity contribution >= 4 is 0 Å². The van der Waals surface area contributed by atoms with Crippen molar-refractivity contribution in [1.82, 2.24) is 10.2 Å². The summed E-state index contributed by atoms with van der Waals surface area (Å²) < 4.78 is 11.7. The predicted molar refractivity (Wildman–Crippen MR) is 95.5 cm³/mol. The maximum atomic E-state index is 9.16. The monoisotopic (exact) mass is 342 g/mol. The van der Waals surface area contributed by atoms with E-state index in [4.69, 9.17) is 14.3 Å². The minimum Gasteiger partial charge on any atom is -0.487 e. The van der Waals surface area contributed by atoms with E-state index in [-0.39, 0.29) is 18.2 Å². The van der Waals surface area contributed by atoms with Gasteiger partial charge in [0.1, 0.15) is 11.4 Å². The van der Waals surface area contributed by atoms with Crippen molar-refractivity contribution in [1.29, 1.82) is 0 Å². The summed E-state index contributed by atoms with van der Waals surface area (Å²) in [5.74, 6) is 1.01. The molecule has 0 amide bonds. The second-order valence-corrected chi connectivity index (χ2v) is 7.16. The Bertz CT molecular complexity index is 678. The number of aliphatic hydroxyl groups excluding tert-OH is 1. The van der Waals surface area contributed by atoms with E-state index in [9.17, 15) is 0 Å². The first-order valence-electron chi connectivity index (χ1n) is 9.14. The van der Waals surface area contributed by atoms with E-state index < -0.39 is 0 Å². The number of hydrogen-bond acceptors (Lipinski definition) is 5. The van der Waals surface area contributed by atoms with Gasteiger partial charge in [-0.25, -0.2) is 0 Å². The van der Waals surface area contributed by atoms with Gasteiger partial charge < -0.3 is 24.5 Å². The average molecular weight is 342 g/mol. The summed E-state index contributed by atoms with van der Waals surface area (Å²) in [6.45, 7) is 3.75. The van der Waals surface area contributed by atoms with Crippen LogP contribution in [0.3, 0.4) is 0 Å². The highest BCUT2D eigenvalue weighted by molar-refractivity contribution is 5.39. The summed E-state index contributed by atoms with van der Waals surface area (Å²) in [6.07, 6.45) is 6.50. The minimum atomic E-state index is -0.103. The first-order valence-corrected chi connectivity index (χ1v) is 9.14. The number of benzene rings is 1. The van der Waals surface area contributed by atoms with Crippen molar-refractivity contribution in [3.8, 4) is 5.75 Å².